The summed E-state index contributed by atoms with van der Waals surface area (Å²) < 4.78 is 0. The maximum absolute atomic E-state index is 5.99. The van der Waals surface area contributed by atoms with Crippen molar-refractivity contribution in [3.63, 3.8) is 0 Å². The number of hydrogen-bond acceptors (Lipinski definition) is 4. The molecule has 0 spiro atoms. The van der Waals surface area contributed by atoms with E-state index >= 15 is 0 Å². The third-order valence-electron chi connectivity index (χ3n) is 3.79. The molecule has 92 valence electrons. The second-order valence-corrected chi connectivity index (χ2v) is 5.63. The van der Waals surface area contributed by atoms with Crippen LogP contribution < -0.4 is 4.90 Å². The molecule has 3 rings (SSSR count). The predicted octanol–water partition coefficient (Wildman–Crippen LogP) is 1.44. The summed E-state index contributed by atoms with van der Waals surface area (Å²) in [5.74, 6) is 3.31. The maximum atomic E-state index is 5.99. The topological polar surface area (TPSA) is 32.3 Å². The van der Waals surface area contributed by atoms with Crippen LogP contribution in [0.5, 0.6) is 0 Å². The third-order valence-corrected chi connectivity index (χ3v) is 3.98. The molecule has 0 bridgehead atoms. The van der Waals surface area contributed by atoms with E-state index in [2.05, 4.69) is 26.8 Å². The Morgan fingerprint density at radius 2 is 1.82 bits per heavy atom. The molecule has 2 aliphatic heterocycles. The SMILES string of the molecule is Cc1nc(Cl)cc(N2C[C@H]3CN(C)C[C@@H]3C2)n1. The lowest BCUT2D eigenvalue weighted by Crippen LogP contribution is -2.27. The number of halogens is 1. The summed E-state index contributed by atoms with van der Waals surface area (Å²) in [7, 11) is 2.20. The van der Waals surface area contributed by atoms with Crippen LogP contribution in [0.2, 0.25) is 5.15 Å². The summed E-state index contributed by atoms with van der Waals surface area (Å²) in [6.07, 6.45) is 0. The Hall–Kier alpha value is -0.870. The Balaban J connectivity index is 1.79. The van der Waals surface area contributed by atoms with Crippen molar-refractivity contribution in [2.24, 2.45) is 11.8 Å². The predicted molar refractivity (Wildman–Crippen MR) is 68.5 cm³/mol. The summed E-state index contributed by atoms with van der Waals surface area (Å²) in [5.41, 5.74) is 0. The van der Waals surface area contributed by atoms with E-state index in [1.807, 2.05) is 13.0 Å². The van der Waals surface area contributed by atoms with Crippen molar-refractivity contribution in [2.75, 3.05) is 38.1 Å². The Morgan fingerprint density at radius 3 is 2.41 bits per heavy atom. The molecule has 17 heavy (non-hydrogen) atoms. The number of aryl methyl sites for hydroxylation is 1. The van der Waals surface area contributed by atoms with Crippen LogP contribution in [0.3, 0.4) is 0 Å². The second-order valence-electron chi connectivity index (χ2n) is 5.24. The zero-order valence-electron chi connectivity index (χ0n) is 10.2. The molecule has 0 amide bonds. The highest BCUT2D eigenvalue weighted by Crippen LogP contribution is 2.32. The van der Waals surface area contributed by atoms with Gasteiger partial charge in [-0.15, -0.1) is 0 Å². The van der Waals surface area contributed by atoms with Crippen LogP contribution in [-0.4, -0.2) is 48.1 Å². The second kappa shape index (κ2) is 4.10. The molecule has 1 aromatic rings. The van der Waals surface area contributed by atoms with Crippen molar-refractivity contribution in [3.05, 3.63) is 17.0 Å². The lowest BCUT2D eigenvalue weighted by molar-refractivity contribution is 0.387. The molecule has 4 nitrogen and oxygen atoms in total. The first kappa shape index (κ1) is 11.2. The van der Waals surface area contributed by atoms with Gasteiger partial charge in [-0.1, -0.05) is 11.6 Å². The molecule has 1 aromatic heterocycles. The van der Waals surface area contributed by atoms with Crippen molar-refractivity contribution in [2.45, 2.75) is 6.92 Å². The van der Waals surface area contributed by atoms with Gasteiger partial charge < -0.3 is 9.80 Å². The molecule has 3 heterocycles. The molecule has 0 saturated carbocycles. The Bertz CT molecular complexity index is 402. The molecule has 2 fully saturated rings. The largest absolute Gasteiger partial charge is 0.356 e. The van der Waals surface area contributed by atoms with Gasteiger partial charge in [0.25, 0.3) is 0 Å². The standard InChI is InChI=1S/C12H17ClN4/c1-8-14-11(13)3-12(15-8)17-6-9-4-16(2)5-10(9)7-17/h3,9-10H,4-7H2,1-2H3/t9-,10-/m1/s1. The highest BCUT2D eigenvalue weighted by atomic mass is 35.5. The molecule has 5 heteroatoms. The molecule has 2 atom stereocenters. The van der Waals surface area contributed by atoms with E-state index in [-0.39, 0.29) is 0 Å². The monoisotopic (exact) mass is 252 g/mol. The lowest BCUT2D eigenvalue weighted by atomic mass is 10.0. The highest BCUT2D eigenvalue weighted by molar-refractivity contribution is 6.29. The van der Waals surface area contributed by atoms with E-state index in [1.165, 1.54) is 13.1 Å². The first-order valence-electron chi connectivity index (χ1n) is 6.06. The number of nitrogens with zero attached hydrogens (tertiary/aromatic N) is 4. The molecule has 0 N–H and O–H groups in total. The fraction of sp³-hybridized carbons (Fsp3) is 0.667. The van der Waals surface area contributed by atoms with Crippen molar-refractivity contribution < 1.29 is 0 Å². The van der Waals surface area contributed by atoms with Gasteiger partial charge >= 0.3 is 0 Å². The summed E-state index contributed by atoms with van der Waals surface area (Å²) in [4.78, 5) is 13.4. The highest BCUT2D eigenvalue weighted by Gasteiger charge is 2.39. The van der Waals surface area contributed by atoms with Crippen LogP contribution in [0.15, 0.2) is 6.07 Å². The number of hydrogen-bond donors (Lipinski definition) is 0. The van der Waals surface area contributed by atoms with Gasteiger partial charge in [-0.25, -0.2) is 9.97 Å². The molecule has 2 saturated heterocycles. The molecule has 0 aliphatic carbocycles. The average Bonchev–Trinajstić information content (AvgIpc) is 2.72. The summed E-state index contributed by atoms with van der Waals surface area (Å²) in [6.45, 7) is 6.50. The van der Waals surface area contributed by atoms with E-state index in [9.17, 15) is 0 Å². The molecule has 0 radical (unpaired) electrons. The number of rotatable bonds is 1. The van der Waals surface area contributed by atoms with Crippen LogP contribution in [0.25, 0.3) is 0 Å². The fourth-order valence-corrected chi connectivity index (χ4v) is 3.31. The molecular formula is C12H17ClN4. The number of likely N-dealkylation sites (tertiary alicyclic amines) is 1. The minimum Gasteiger partial charge on any atom is -0.356 e. The fourth-order valence-electron chi connectivity index (χ4n) is 3.09. The van der Waals surface area contributed by atoms with Gasteiger partial charge in [0.05, 0.1) is 0 Å². The van der Waals surface area contributed by atoms with Gasteiger partial charge in [0.1, 0.15) is 16.8 Å². The minimum atomic E-state index is 0.543. The summed E-state index contributed by atoms with van der Waals surface area (Å²) >= 11 is 5.99. The van der Waals surface area contributed by atoms with Crippen molar-refractivity contribution >= 4 is 17.4 Å². The summed E-state index contributed by atoms with van der Waals surface area (Å²) in [6, 6.07) is 1.87. The van der Waals surface area contributed by atoms with E-state index < -0.39 is 0 Å². The molecular weight excluding hydrogens is 236 g/mol. The van der Waals surface area contributed by atoms with E-state index in [4.69, 9.17) is 11.6 Å². The first-order chi connectivity index (χ1) is 8.11. The van der Waals surface area contributed by atoms with Gasteiger partial charge in [-0.3, -0.25) is 0 Å². The summed E-state index contributed by atoms with van der Waals surface area (Å²) in [5, 5.41) is 0.543. The van der Waals surface area contributed by atoms with Crippen molar-refractivity contribution in [1.82, 2.24) is 14.9 Å². The van der Waals surface area contributed by atoms with Gasteiger partial charge in [-0.05, 0) is 25.8 Å². The van der Waals surface area contributed by atoms with Crippen LogP contribution in [0, 0.1) is 18.8 Å². The van der Waals surface area contributed by atoms with E-state index in [0.29, 0.717) is 5.15 Å². The molecule has 2 aliphatic rings. The van der Waals surface area contributed by atoms with Gasteiger partial charge in [0.15, 0.2) is 0 Å². The quantitative estimate of drug-likeness (QED) is 0.708. The molecule has 0 aromatic carbocycles. The molecule has 0 unspecified atom stereocenters. The third kappa shape index (κ3) is 2.11. The minimum absolute atomic E-state index is 0.543. The smallest absolute Gasteiger partial charge is 0.134 e. The van der Waals surface area contributed by atoms with Crippen molar-refractivity contribution in [1.29, 1.82) is 0 Å². The van der Waals surface area contributed by atoms with E-state index in [1.54, 1.807) is 0 Å². The maximum Gasteiger partial charge on any atom is 0.134 e. The van der Waals surface area contributed by atoms with Crippen LogP contribution in [-0.2, 0) is 0 Å². The zero-order chi connectivity index (χ0) is 12.0. The van der Waals surface area contributed by atoms with Gasteiger partial charge in [0, 0.05) is 32.2 Å². The lowest BCUT2D eigenvalue weighted by Gasteiger charge is -2.20. The average molecular weight is 253 g/mol. The van der Waals surface area contributed by atoms with Crippen LogP contribution in [0.1, 0.15) is 5.82 Å². The van der Waals surface area contributed by atoms with Gasteiger partial charge in [-0.2, -0.15) is 0 Å². The zero-order valence-corrected chi connectivity index (χ0v) is 11.0. The van der Waals surface area contributed by atoms with E-state index in [0.717, 1.165) is 36.6 Å². The van der Waals surface area contributed by atoms with Crippen molar-refractivity contribution in [3.8, 4) is 0 Å². The van der Waals surface area contributed by atoms with Crippen LogP contribution >= 0.6 is 11.6 Å². The van der Waals surface area contributed by atoms with Gasteiger partial charge in [0.2, 0.25) is 0 Å². The number of aromatic nitrogens is 2. The Labute approximate surface area is 107 Å². The Morgan fingerprint density at radius 1 is 1.18 bits per heavy atom. The Kier molecular flexibility index (Phi) is 2.71. The number of anilines is 1. The normalized spacial score (nSPS) is 28.8. The van der Waals surface area contributed by atoms with Crippen LogP contribution in [0.4, 0.5) is 5.82 Å². The first-order valence-corrected chi connectivity index (χ1v) is 6.44. The number of fused-ring (bicyclic) bond motifs is 1.